The summed E-state index contributed by atoms with van der Waals surface area (Å²) >= 11 is 0. The highest BCUT2D eigenvalue weighted by molar-refractivity contribution is 5.87. The highest BCUT2D eigenvalue weighted by Crippen LogP contribution is 2.31. The number of ether oxygens (including phenoxy) is 3. The van der Waals surface area contributed by atoms with Crippen LogP contribution in [-0.2, 0) is 23.8 Å². The van der Waals surface area contributed by atoms with Gasteiger partial charge in [-0.25, -0.2) is 4.79 Å². The number of carbonyl (C=O) groups excluding carboxylic acids is 3. The smallest absolute Gasteiger partial charge is 0.413 e. The molecule has 1 amide bonds. The summed E-state index contributed by atoms with van der Waals surface area (Å²) in [6.45, 7) is 4.49. The third-order valence-electron chi connectivity index (χ3n) is 4.31. The van der Waals surface area contributed by atoms with Crippen molar-refractivity contribution in [3.05, 3.63) is 0 Å². The molecule has 0 aromatic rings. The Kier molecular flexibility index (Phi) is 5.62. The molecule has 7 nitrogen and oxygen atoms in total. The summed E-state index contributed by atoms with van der Waals surface area (Å²) in [7, 11) is 1.54. The second-order valence-electron chi connectivity index (χ2n) is 6.76. The number of hydrogen-bond acceptors (Lipinski definition) is 6. The molecule has 2 fully saturated rings. The minimum absolute atomic E-state index is 0.0539. The van der Waals surface area contributed by atoms with Crippen LogP contribution in [0.3, 0.4) is 0 Å². The number of amides is 1. The highest BCUT2D eigenvalue weighted by atomic mass is 16.7. The number of esters is 1. The first-order valence-electron chi connectivity index (χ1n) is 8.04. The average Bonchev–Trinajstić information content (AvgIpc) is 2.44. The van der Waals surface area contributed by atoms with Crippen LogP contribution in [0, 0.1) is 5.41 Å². The lowest BCUT2D eigenvalue weighted by atomic mass is 9.85. The Balaban J connectivity index is 1.77. The van der Waals surface area contributed by atoms with Gasteiger partial charge in [-0.15, -0.1) is 0 Å². The van der Waals surface area contributed by atoms with E-state index in [9.17, 15) is 14.4 Å². The van der Waals surface area contributed by atoms with E-state index in [0.717, 1.165) is 12.8 Å². The molecule has 23 heavy (non-hydrogen) atoms. The molecule has 0 aromatic heterocycles. The Labute approximate surface area is 136 Å². The van der Waals surface area contributed by atoms with Gasteiger partial charge in [-0.1, -0.05) is 13.3 Å². The molecule has 1 heterocycles. The second kappa shape index (κ2) is 7.29. The summed E-state index contributed by atoms with van der Waals surface area (Å²) in [4.78, 5) is 37.1. The maximum absolute atomic E-state index is 12.1. The molecule has 0 aromatic carbocycles. The van der Waals surface area contributed by atoms with Gasteiger partial charge in [0, 0.05) is 25.8 Å². The van der Waals surface area contributed by atoms with E-state index in [1.807, 2.05) is 6.92 Å². The molecule has 1 saturated heterocycles. The molecular formula is C16H25NO6. The fraction of sp³-hybridized carbons (Fsp3) is 0.812. The summed E-state index contributed by atoms with van der Waals surface area (Å²) in [5, 5.41) is 0. The zero-order valence-electron chi connectivity index (χ0n) is 14.0. The zero-order valence-corrected chi connectivity index (χ0v) is 14.0. The van der Waals surface area contributed by atoms with Gasteiger partial charge in [-0.3, -0.25) is 9.59 Å². The lowest BCUT2D eigenvalue weighted by Crippen LogP contribution is -2.45. The van der Waals surface area contributed by atoms with Crippen molar-refractivity contribution in [1.82, 2.24) is 4.90 Å². The van der Waals surface area contributed by atoms with E-state index in [2.05, 4.69) is 0 Å². The Morgan fingerprint density at radius 2 is 2.04 bits per heavy atom. The molecule has 1 aliphatic heterocycles. The van der Waals surface area contributed by atoms with Gasteiger partial charge in [-0.05, 0) is 12.8 Å². The summed E-state index contributed by atoms with van der Waals surface area (Å²) < 4.78 is 15.3. The van der Waals surface area contributed by atoms with Crippen LogP contribution in [0.2, 0.25) is 0 Å². The number of likely N-dealkylation sites (N-methyl/N-ethyl adjacent to an activating group) is 1. The van der Waals surface area contributed by atoms with Gasteiger partial charge in [-0.2, -0.15) is 0 Å². The Bertz CT molecular complexity index is 473. The number of rotatable bonds is 5. The zero-order chi connectivity index (χ0) is 17.0. The molecule has 1 aliphatic carbocycles. The van der Waals surface area contributed by atoms with Crippen LogP contribution in [0.1, 0.15) is 46.0 Å². The van der Waals surface area contributed by atoms with Crippen molar-refractivity contribution in [2.75, 3.05) is 20.3 Å². The van der Waals surface area contributed by atoms with Crippen LogP contribution in [0.5, 0.6) is 0 Å². The summed E-state index contributed by atoms with van der Waals surface area (Å²) in [6.07, 6.45) is 1.52. The summed E-state index contributed by atoms with van der Waals surface area (Å²) in [5.74, 6) is -0.370. The first kappa shape index (κ1) is 17.7. The number of hydrogen-bond donors (Lipinski definition) is 0. The van der Waals surface area contributed by atoms with Crippen LogP contribution in [-0.4, -0.2) is 55.3 Å². The van der Waals surface area contributed by atoms with Gasteiger partial charge in [0.1, 0.15) is 0 Å². The van der Waals surface area contributed by atoms with Gasteiger partial charge in [0.05, 0.1) is 25.7 Å². The third kappa shape index (κ3) is 4.67. The lowest BCUT2D eigenvalue weighted by molar-refractivity contribution is -0.178. The second-order valence-corrected chi connectivity index (χ2v) is 6.76. The maximum atomic E-state index is 12.1. The van der Waals surface area contributed by atoms with Crippen LogP contribution in [0.15, 0.2) is 0 Å². The first-order chi connectivity index (χ1) is 10.8. The fourth-order valence-electron chi connectivity index (χ4n) is 2.88. The van der Waals surface area contributed by atoms with Crippen molar-refractivity contribution in [3.8, 4) is 0 Å². The van der Waals surface area contributed by atoms with Gasteiger partial charge in [0.25, 0.3) is 0 Å². The van der Waals surface area contributed by atoms with Crippen molar-refractivity contribution < 1.29 is 28.6 Å². The van der Waals surface area contributed by atoms with Gasteiger partial charge in [0.15, 0.2) is 5.78 Å². The van der Waals surface area contributed by atoms with Crippen molar-refractivity contribution in [3.63, 3.8) is 0 Å². The van der Waals surface area contributed by atoms with E-state index >= 15 is 0 Å². The molecule has 0 spiro atoms. The molecule has 2 unspecified atom stereocenters. The van der Waals surface area contributed by atoms with Crippen LogP contribution in [0.25, 0.3) is 0 Å². The molecule has 2 aliphatic rings. The number of carbonyl (C=O) groups is 3. The minimum atomic E-state index is -0.985. The van der Waals surface area contributed by atoms with Crippen molar-refractivity contribution >= 4 is 17.8 Å². The highest BCUT2D eigenvalue weighted by Gasteiger charge is 2.37. The number of nitrogens with zero attached hydrogens (tertiary/aromatic N) is 1. The van der Waals surface area contributed by atoms with E-state index in [4.69, 9.17) is 14.2 Å². The van der Waals surface area contributed by atoms with E-state index < -0.39 is 24.4 Å². The number of Topliss-reactive ketones (excluding diaryl/α,β-unsaturated/α-hetero) is 1. The topological polar surface area (TPSA) is 82.1 Å². The van der Waals surface area contributed by atoms with Crippen LogP contribution in [0.4, 0.5) is 4.79 Å². The quantitative estimate of drug-likeness (QED) is 0.566. The van der Waals surface area contributed by atoms with E-state index in [1.165, 1.54) is 18.9 Å². The van der Waals surface area contributed by atoms with Gasteiger partial charge in [0.2, 0.25) is 6.29 Å². The molecular weight excluding hydrogens is 302 g/mol. The molecule has 1 saturated carbocycles. The molecule has 130 valence electrons. The van der Waals surface area contributed by atoms with E-state index in [1.54, 1.807) is 0 Å². The van der Waals surface area contributed by atoms with Crippen molar-refractivity contribution in [2.24, 2.45) is 5.41 Å². The molecule has 0 N–H and O–H groups in total. The minimum Gasteiger partial charge on any atom is -0.425 e. The first-order valence-corrected chi connectivity index (χ1v) is 8.04. The Morgan fingerprint density at radius 1 is 1.35 bits per heavy atom. The molecule has 0 radical (unpaired) electrons. The lowest BCUT2D eigenvalue weighted by Gasteiger charge is -2.37. The van der Waals surface area contributed by atoms with E-state index in [0.29, 0.717) is 26.1 Å². The van der Waals surface area contributed by atoms with Crippen molar-refractivity contribution in [1.29, 1.82) is 0 Å². The monoisotopic (exact) mass is 327 g/mol. The molecule has 2 atom stereocenters. The standard InChI is InChI=1S/C16H25NO6/c1-11(22-14(19)8-16(2)9-21-10-16)23-15(20)17(3)12-6-4-5-7-13(12)18/h11-12H,4-10H2,1-3H3. The summed E-state index contributed by atoms with van der Waals surface area (Å²) in [5.41, 5.74) is -0.188. The average molecular weight is 327 g/mol. The van der Waals surface area contributed by atoms with Crippen LogP contribution < -0.4 is 0 Å². The largest absolute Gasteiger partial charge is 0.425 e. The normalized spacial score (nSPS) is 24.3. The SMILES string of the molecule is CC(OC(=O)CC1(C)COC1)OC(=O)N(C)C1CCCCC1=O. The fourth-order valence-corrected chi connectivity index (χ4v) is 2.88. The van der Waals surface area contributed by atoms with Gasteiger partial charge < -0.3 is 19.1 Å². The maximum Gasteiger partial charge on any atom is 0.413 e. The Morgan fingerprint density at radius 3 is 2.61 bits per heavy atom. The number of ketones is 1. The third-order valence-corrected chi connectivity index (χ3v) is 4.31. The predicted molar refractivity (Wildman–Crippen MR) is 80.6 cm³/mol. The van der Waals surface area contributed by atoms with E-state index in [-0.39, 0.29) is 17.6 Å². The molecule has 0 bridgehead atoms. The summed E-state index contributed by atoms with van der Waals surface area (Å²) in [6, 6.07) is -0.440. The molecule has 7 heteroatoms. The van der Waals surface area contributed by atoms with Crippen molar-refractivity contribution in [2.45, 2.75) is 58.3 Å². The molecule has 2 rings (SSSR count). The van der Waals surface area contributed by atoms with Gasteiger partial charge >= 0.3 is 12.1 Å². The predicted octanol–water partition coefficient (Wildman–Crippen LogP) is 1.88. The Hall–Kier alpha value is -1.63. The van der Waals surface area contributed by atoms with Crippen LogP contribution >= 0.6 is 0 Å².